The number of hydrogen-bond acceptors (Lipinski definition) is 3. The molecule has 5 heteroatoms. The van der Waals surface area contributed by atoms with Crippen LogP contribution >= 0.6 is 0 Å². The van der Waals surface area contributed by atoms with Crippen LogP contribution < -0.4 is 5.32 Å². The Kier molecular flexibility index (Phi) is 5.17. The molecule has 2 N–H and O–H groups in total. The summed E-state index contributed by atoms with van der Waals surface area (Å²) in [4.78, 5) is 10.9. The largest absolute Gasteiger partial charge is 0.481 e. The van der Waals surface area contributed by atoms with E-state index in [9.17, 15) is 4.79 Å². The second-order valence-corrected chi connectivity index (χ2v) is 5.79. The summed E-state index contributed by atoms with van der Waals surface area (Å²) in [6, 6.07) is 2.15. The highest BCUT2D eigenvalue weighted by Crippen LogP contribution is 2.28. The van der Waals surface area contributed by atoms with Crippen molar-refractivity contribution in [3.05, 3.63) is 17.5 Å². The van der Waals surface area contributed by atoms with Gasteiger partial charge in [0.15, 0.2) is 0 Å². The fraction of sp³-hybridized carbons (Fsp3) is 0.733. The van der Waals surface area contributed by atoms with Crippen LogP contribution in [0, 0.1) is 11.8 Å². The van der Waals surface area contributed by atoms with Gasteiger partial charge in [-0.1, -0.05) is 6.92 Å². The SMILES string of the molecule is CCc1cc(CNCC2CCC(C(=O)O)CC2)n(C)n1. The molecule has 1 fully saturated rings. The standard InChI is InChI=1S/C15H25N3O2/c1-3-13-8-14(18(2)17-13)10-16-9-11-4-6-12(7-5-11)15(19)20/h8,11-12,16H,3-7,9-10H2,1-2H3,(H,19,20). The van der Waals surface area contributed by atoms with Gasteiger partial charge in [0.1, 0.15) is 0 Å². The molecule has 0 atom stereocenters. The Bertz CT molecular complexity index is 448. The van der Waals surface area contributed by atoms with E-state index in [2.05, 4.69) is 23.4 Å². The molecule has 1 aromatic heterocycles. The van der Waals surface area contributed by atoms with Crippen molar-refractivity contribution in [3.8, 4) is 0 Å². The maximum absolute atomic E-state index is 10.9. The zero-order chi connectivity index (χ0) is 14.5. The molecule has 0 amide bonds. The van der Waals surface area contributed by atoms with Gasteiger partial charge < -0.3 is 10.4 Å². The molecule has 0 aromatic carbocycles. The highest BCUT2D eigenvalue weighted by Gasteiger charge is 2.25. The highest BCUT2D eigenvalue weighted by molar-refractivity contribution is 5.69. The number of carboxylic acid groups (broad SMARTS) is 1. The minimum atomic E-state index is -0.626. The minimum Gasteiger partial charge on any atom is -0.481 e. The smallest absolute Gasteiger partial charge is 0.306 e. The van der Waals surface area contributed by atoms with Crippen LogP contribution in [0.2, 0.25) is 0 Å². The number of aromatic nitrogens is 2. The first kappa shape index (κ1) is 15.0. The summed E-state index contributed by atoms with van der Waals surface area (Å²) < 4.78 is 1.94. The van der Waals surface area contributed by atoms with Gasteiger partial charge >= 0.3 is 5.97 Å². The lowest BCUT2D eigenvalue weighted by molar-refractivity contribution is -0.143. The number of carbonyl (C=O) groups is 1. The molecule has 20 heavy (non-hydrogen) atoms. The predicted octanol–water partition coefficient (Wildman–Crippen LogP) is 1.96. The first-order valence-electron chi connectivity index (χ1n) is 7.55. The number of nitrogens with one attached hydrogen (secondary N) is 1. The van der Waals surface area contributed by atoms with E-state index in [4.69, 9.17) is 5.11 Å². The van der Waals surface area contributed by atoms with Gasteiger partial charge in [-0.05, 0) is 50.6 Å². The summed E-state index contributed by atoms with van der Waals surface area (Å²) in [7, 11) is 1.98. The molecule has 112 valence electrons. The fourth-order valence-electron chi connectivity index (χ4n) is 2.93. The van der Waals surface area contributed by atoms with Crippen molar-refractivity contribution in [1.29, 1.82) is 0 Å². The lowest BCUT2D eigenvalue weighted by Gasteiger charge is -2.26. The van der Waals surface area contributed by atoms with Crippen LogP contribution in [0.1, 0.15) is 44.0 Å². The lowest BCUT2D eigenvalue weighted by Crippen LogP contribution is -2.29. The summed E-state index contributed by atoms with van der Waals surface area (Å²) in [5.41, 5.74) is 2.34. The van der Waals surface area contributed by atoms with Crippen LogP contribution in [0.4, 0.5) is 0 Å². The third kappa shape index (κ3) is 3.82. The van der Waals surface area contributed by atoms with Gasteiger partial charge in [0.25, 0.3) is 0 Å². The molecule has 0 radical (unpaired) electrons. The van der Waals surface area contributed by atoms with E-state index in [1.54, 1.807) is 0 Å². The van der Waals surface area contributed by atoms with Crippen LogP contribution in [0.5, 0.6) is 0 Å². The van der Waals surface area contributed by atoms with E-state index in [0.717, 1.165) is 50.9 Å². The Morgan fingerprint density at radius 1 is 1.45 bits per heavy atom. The van der Waals surface area contributed by atoms with Gasteiger partial charge in [0, 0.05) is 13.6 Å². The monoisotopic (exact) mass is 279 g/mol. The molecule has 0 saturated heterocycles. The molecule has 1 aliphatic carbocycles. The molecule has 2 rings (SSSR count). The van der Waals surface area contributed by atoms with Crippen molar-refractivity contribution in [2.45, 2.75) is 45.6 Å². The average Bonchev–Trinajstić information content (AvgIpc) is 2.80. The Morgan fingerprint density at radius 3 is 2.70 bits per heavy atom. The maximum Gasteiger partial charge on any atom is 0.306 e. The number of aryl methyl sites for hydroxylation is 2. The molecule has 0 bridgehead atoms. The summed E-state index contributed by atoms with van der Waals surface area (Å²) >= 11 is 0. The van der Waals surface area contributed by atoms with E-state index < -0.39 is 5.97 Å². The first-order valence-corrected chi connectivity index (χ1v) is 7.55. The molecule has 0 unspecified atom stereocenters. The maximum atomic E-state index is 10.9. The molecule has 0 aliphatic heterocycles. The third-order valence-electron chi connectivity index (χ3n) is 4.32. The van der Waals surface area contributed by atoms with Crippen LogP contribution in [0.15, 0.2) is 6.07 Å². The summed E-state index contributed by atoms with van der Waals surface area (Å²) in [6.45, 7) is 3.92. The van der Waals surface area contributed by atoms with E-state index in [0.29, 0.717) is 5.92 Å². The summed E-state index contributed by atoms with van der Waals surface area (Å²) in [5.74, 6) is -0.127. The predicted molar refractivity (Wildman–Crippen MR) is 77.4 cm³/mol. The van der Waals surface area contributed by atoms with E-state index in [-0.39, 0.29) is 5.92 Å². The van der Waals surface area contributed by atoms with Gasteiger partial charge in [-0.2, -0.15) is 5.10 Å². The van der Waals surface area contributed by atoms with Crippen LogP contribution in [-0.2, 0) is 24.8 Å². The molecule has 1 saturated carbocycles. The van der Waals surface area contributed by atoms with E-state index in [1.807, 2.05) is 11.7 Å². The van der Waals surface area contributed by atoms with Crippen molar-refractivity contribution in [2.75, 3.05) is 6.54 Å². The Morgan fingerprint density at radius 2 is 2.15 bits per heavy atom. The fourth-order valence-corrected chi connectivity index (χ4v) is 2.93. The second kappa shape index (κ2) is 6.88. The second-order valence-electron chi connectivity index (χ2n) is 5.79. The van der Waals surface area contributed by atoms with Crippen molar-refractivity contribution in [2.24, 2.45) is 18.9 Å². The number of nitrogens with zero attached hydrogens (tertiary/aromatic N) is 2. The number of carboxylic acids is 1. The highest BCUT2D eigenvalue weighted by atomic mass is 16.4. The van der Waals surface area contributed by atoms with Crippen LogP contribution in [-0.4, -0.2) is 27.4 Å². The molecule has 0 spiro atoms. The van der Waals surface area contributed by atoms with Crippen molar-refractivity contribution in [1.82, 2.24) is 15.1 Å². The molecule has 1 aromatic rings. The zero-order valence-electron chi connectivity index (χ0n) is 12.4. The van der Waals surface area contributed by atoms with Gasteiger partial charge in [-0.3, -0.25) is 9.48 Å². The average molecular weight is 279 g/mol. The van der Waals surface area contributed by atoms with Crippen LogP contribution in [0.25, 0.3) is 0 Å². The van der Waals surface area contributed by atoms with E-state index >= 15 is 0 Å². The normalized spacial score (nSPS) is 22.9. The summed E-state index contributed by atoms with van der Waals surface area (Å²) in [6.07, 6.45) is 4.67. The Hall–Kier alpha value is -1.36. The van der Waals surface area contributed by atoms with Gasteiger partial charge in [-0.15, -0.1) is 0 Å². The minimum absolute atomic E-state index is 0.115. The Balaban J connectivity index is 1.71. The molecular weight excluding hydrogens is 254 g/mol. The van der Waals surface area contributed by atoms with Gasteiger partial charge in [0.05, 0.1) is 17.3 Å². The Labute approximate surface area is 120 Å². The zero-order valence-corrected chi connectivity index (χ0v) is 12.4. The topological polar surface area (TPSA) is 67.2 Å². The van der Waals surface area contributed by atoms with Crippen molar-refractivity contribution in [3.63, 3.8) is 0 Å². The van der Waals surface area contributed by atoms with Crippen LogP contribution in [0.3, 0.4) is 0 Å². The third-order valence-corrected chi connectivity index (χ3v) is 4.32. The van der Waals surface area contributed by atoms with Crippen molar-refractivity contribution < 1.29 is 9.90 Å². The number of aliphatic carboxylic acids is 1. The summed E-state index contributed by atoms with van der Waals surface area (Å²) in [5, 5.41) is 16.9. The van der Waals surface area contributed by atoms with Gasteiger partial charge in [0.2, 0.25) is 0 Å². The molecule has 1 heterocycles. The van der Waals surface area contributed by atoms with E-state index in [1.165, 1.54) is 5.69 Å². The van der Waals surface area contributed by atoms with Crippen molar-refractivity contribution >= 4 is 5.97 Å². The lowest BCUT2D eigenvalue weighted by atomic mass is 9.82. The molecular formula is C15H25N3O2. The number of hydrogen-bond donors (Lipinski definition) is 2. The molecule has 1 aliphatic rings. The van der Waals surface area contributed by atoms with Gasteiger partial charge in [-0.25, -0.2) is 0 Å². The molecule has 5 nitrogen and oxygen atoms in total. The number of rotatable bonds is 6. The quantitative estimate of drug-likeness (QED) is 0.835. The first-order chi connectivity index (χ1) is 9.60.